The van der Waals surface area contributed by atoms with Crippen LogP contribution in [0.3, 0.4) is 0 Å². The number of carbonyl (C=O) groups excluding carboxylic acids is 2. The molecule has 0 atom stereocenters. The molecule has 0 unspecified atom stereocenters. The molecule has 0 aromatic carbocycles. The number of aromatic nitrogens is 1. The molecule has 1 aliphatic heterocycles. The van der Waals surface area contributed by atoms with Crippen LogP contribution in [0.2, 0.25) is 0 Å². The largest absolute Gasteiger partial charge is 0.352 e. The smallest absolute Gasteiger partial charge is 0.253 e. The maximum absolute atomic E-state index is 11.9. The molecule has 1 aliphatic rings. The highest BCUT2D eigenvalue weighted by Crippen LogP contribution is 2.09. The molecule has 0 aliphatic carbocycles. The van der Waals surface area contributed by atoms with Crippen molar-refractivity contribution in [3.05, 3.63) is 29.6 Å². The van der Waals surface area contributed by atoms with E-state index in [1.165, 1.54) is 0 Å². The Morgan fingerprint density at radius 1 is 1.53 bits per heavy atom. The first kappa shape index (κ1) is 13.5. The van der Waals surface area contributed by atoms with E-state index in [-0.39, 0.29) is 11.8 Å². The molecular formula is C14H19N3O2. The summed E-state index contributed by atoms with van der Waals surface area (Å²) in [6.07, 6.45) is 5.66. The lowest BCUT2D eigenvalue weighted by Gasteiger charge is -2.15. The van der Waals surface area contributed by atoms with Crippen LogP contribution in [0.4, 0.5) is 0 Å². The molecule has 5 nitrogen and oxygen atoms in total. The summed E-state index contributed by atoms with van der Waals surface area (Å²) in [4.78, 5) is 29.1. The number of pyridine rings is 1. The Balaban J connectivity index is 1.72. The van der Waals surface area contributed by atoms with Crippen LogP contribution in [-0.2, 0) is 4.79 Å². The van der Waals surface area contributed by atoms with Crippen LogP contribution in [0.1, 0.15) is 35.2 Å². The van der Waals surface area contributed by atoms with Gasteiger partial charge in [-0.15, -0.1) is 0 Å². The fraction of sp³-hybridized carbons (Fsp3) is 0.500. The van der Waals surface area contributed by atoms with Gasteiger partial charge in [-0.1, -0.05) is 0 Å². The van der Waals surface area contributed by atoms with Crippen molar-refractivity contribution in [2.24, 2.45) is 0 Å². The van der Waals surface area contributed by atoms with Gasteiger partial charge in [0.1, 0.15) is 0 Å². The Labute approximate surface area is 113 Å². The highest BCUT2D eigenvalue weighted by Gasteiger charge is 2.19. The first-order chi connectivity index (χ1) is 9.18. The second-order valence-corrected chi connectivity index (χ2v) is 4.78. The molecule has 1 saturated heterocycles. The lowest BCUT2D eigenvalue weighted by atomic mass is 10.1. The Hall–Kier alpha value is -1.91. The summed E-state index contributed by atoms with van der Waals surface area (Å²) < 4.78 is 0. The second kappa shape index (κ2) is 6.31. The minimum absolute atomic E-state index is 0.0988. The van der Waals surface area contributed by atoms with Crippen LogP contribution in [0, 0.1) is 6.92 Å². The van der Waals surface area contributed by atoms with E-state index in [0.29, 0.717) is 18.5 Å². The van der Waals surface area contributed by atoms with Crippen LogP contribution in [-0.4, -0.2) is 41.3 Å². The minimum atomic E-state index is -0.0988. The summed E-state index contributed by atoms with van der Waals surface area (Å²) in [5.41, 5.74) is 1.53. The first-order valence-electron chi connectivity index (χ1n) is 6.65. The molecule has 1 aromatic heterocycles. The Kier molecular flexibility index (Phi) is 4.49. The van der Waals surface area contributed by atoms with Crippen molar-refractivity contribution in [1.82, 2.24) is 15.2 Å². The quantitative estimate of drug-likeness (QED) is 0.808. The van der Waals surface area contributed by atoms with Gasteiger partial charge in [-0.2, -0.15) is 0 Å². The molecule has 0 spiro atoms. The van der Waals surface area contributed by atoms with Crippen molar-refractivity contribution < 1.29 is 9.59 Å². The predicted molar refractivity (Wildman–Crippen MR) is 71.7 cm³/mol. The summed E-state index contributed by atoms with van der Waals surface area (Å²) in [6, 6.07) is 1.82. The van der Waals surface area contributed by atoms with Crippen LogP contribution < -0.4 is 5.32 Å². The number of hydrogen-bond acceptors (Lipinski definition) is 3. The van der Waals surface area contributed by atoms with Crippen molar-refractivity contribution in [3.63, 3.8) is 0 Å². The van der Waals surface area contributed by atoms with Crippen molar-refractivity contribution in [2.45, 2.75) is 26.2 Å². The van der Waals surface area contributed by atoms with Gasteiger partial charge in [-0.3, -0.25) is 14.6 Å². The van der Waals surface area contributed by atoms with Crippen LogP contribution in [0.25, 0.3) is 0 Å². The first-order valence-corrected chi connectivity index (χ1v) is 6.65. The SMILES string of the molecule is Cc1ccncc1C(=O)NCCCN1CCCC1=O. The molecule has 1 aromatic rings. The molecular weight excluding hydrogens is 242 g/mol. The fourth-order valence-electron chi connectivity index (χ4n) is 2.21. The number of carbonyl (C=O) groups is 2. The molecule has 1 fully saturated rings. The lowest BCUT2D eigenvalue weighted by molar-refractivity contribution is -0.127. The third kappa shape index (κ3) is 3.53. The average molecular weight is 261 g/mol. The second-order valence-electron chi connectivity index (χ2n) is 4.78. The molecule has 2 amide bonds. The van der Waals surface area contributed by atoms with Crippen molar-refractivity contribution in [2.75, 3.05) is 19.6 Å². The van der Waals surface area contributed by atoms with Crippen molar-refractivity contribution in [1.29, 1.82) is 0 Å². The van der Waals surface area contributed by atoms with E-state index >= 15 is 0 Å². The number of aryl methyl sites for hydroxylation is 1. The van der Waals surface area contributed by atoms with Crippen LogP contribution in [0.5, 0.6) is 0 Å². The minimum Gasteiger partial charge on any atom is -0.352 e. The Bertz CT molecular complexity index is 474. The predicted octanol–water partition coefficient (Wildman–Crippen LogP) is 1.13. The van der Waals surface area contributed by atoms with Gasteiger partial charge >= 0.3 is 0 Å². The zero-order valence-electron chi connectivity index (χ0n) is 11.2. The monoisotopic (exact) mass is 261 g/mol. The summed E-state index contributed by atoms with van der Waals surface area (Å²) >= 11 is 0. The zero-order valence-corrected chi connectivity index (χ0v) is 11.2. The van der Waals surface area contributed by atoms with E-state index in [2.05, 4.69) is 10.3 Å². The van der Waals surface area contributed by atoms with E-state index in [9.17, 15) is 9.59 Å². The van der Waals surface area contributed by atoms with Gasteiger partial charge in [-0.25, -0.2) is 0 Å². The number of nitrogens with one attached hydrogen (secondary N) is 1. The number of hydrogen-bond donors (Lipinski definition) is 1. The third-order valence-electron chi connectivity index (χ3n) is 3.35. The molecule has 1 N–H and O–H groups in total. The number of amides is 2. The van der Waals surface area contributed by atoms with Crippen LogP contribution in [0.15, 0.2) is 18.5 Å². The fourth-order valence-corrected chi connectivity index (χ4v) is 2.21. The molecule has 0 bridgehead atoms. The van der Waals surface area contributed by atoms with Crippen LogP contribution >= 0.6 is 0 Å². The molecule has 0 radical (unpaired) electrons. The van der Waals surface area contributed by atoms with Gasteiger partial charge in [0, 0.05) is 38.4 Å². The maximum atomic E-state index is 11.9. The van der Waals surface area contributed by atoms with E-state index < -0.39 is 0 Å². The van der Waals surface area contributed by atoms with Gasteiger partial charge in [0.15, 0.2) is 0 Å². The van der Waals surface area contributed by atoms with E-state index in [4.69, 9.17) is 0 Å². The number of rotatable bonds is 5. The Morgan fingerprint density at radius 3 is 3.05 bits per heavy atom. The zero-order chi connectivity index (χ0) is 13.7. The molecule has 2 heterocycles. The summed E-state index contributed by atoms with van der Waals surface area (Å²) in [6.45, 7) is 4.05. The number of nitrogens with zero attached hydrogens (tertiary/aromatic N) is 2. The summed E-state index contributed by atoms with van der Waals surface area (Å²) in [5.74, 6) is 0.132. The maximum Gasteiger partial charge on any atom is 0.253 e. The van der Waals surface area contributed by atoms with E-state index in [1.807, 2.05) is 17.9 Å². The molecule has 0 saturated carbocycles. The number of likely N-dealkylation sites (tertiary alicyclic amines) is 1. The lowest BCUT2D eigenvalue weighted by Crippen LogP contribution is -2.30. The van der Waals surface area contributed by atoms with Crippen molar-refractivity contribution in [3.8, 4) is 0 Å². The average Bonchev–Trinajstić information content (AvgIpc) is 2.80. The summed E-state index contributed by atoms with van der Waals surface area (Å²) in [7, 11) is 0. The molecule has 19 heavy (non-hydrogen) atoms. The molecule has 102 valence electrons. The van der Waals surface area contributed by atoms with Gasteiger partial charge in [0.05, 0.1) is 5.56 Å². The van der Waals surface area contributed by atoms with Gasteiger partial charge < -0.3 is 10.2 Å². The van der Waals surface area contributed by atoms with E-state index in [0.717, 1.165) is 31.5 Å². The van der Waals surface area contributed by atoms with Crippen molar-refractivity contribution >= 4 is 11.8 Å². The van der Waals surface area contributed by atoms with Gasteiger partial charge in [0.25, 0.3) is 5.91 Å². The Morgan fingerprint density at radius 2 is 2.37 bits per heavy atom. The van der Waals surface area contributed by atoms with E-state index in [1.54, 1.807) is 12.4 Å². The molecule has 5 heteroatoms. The van der Waals surface area contributed by atoms with Gasteiger partial charge in [0.2, 0.25) is 5.91 Å². The highest BCUT2D eigenvalue weighted by atomic mass is 16.2. The standard InChI is InChI=1S/C14H19N3O2/c1-11-5-7-15-10-12(11)14(19)16-6-3-9-17-8-2-4-13(17)18/h5,7,10H,2-4,6,8-9H2,1H3,(H,16,19). The molecule has 2 rings (SSSR count). The summed E-state index contributed by atoms with van der Waals surface area (Å²) in [5, 5.41) is 2.86. The normalized spacial score (nSPS) is 14.8. The van der Waals surface area contributed by atoms with Gasteiger partial charge in [-0.05, 0) is 31.4 Å². The highest BCUT2D eigenvalue weighted by molar-refractivity contribution is 5.95. The third-order valence-corrected chi connectivity index (χ3v) is 3.35. The topological polar surface area (TPSA) is 62.3 Å².